The Morgan fingerprint density at radius 3 is 2.48 bits per heavy atom. The highest BCUT2D eigenvalue weighted by molar-refractivity contribution is 5.73. The Labute approximate surface area is 157 Å². The first-order valence-electron chi connectivity index (χ1n) is 9.01. The minimum absolute atomic E-state index is 0.115. The number of carbonyl (C=O) groups excluding carboxylic acids is 1. The van der Waals surface area contributed by atoms with Crippen molar-refractivity contribution in [2.75, 3.05) is 31.9 Å². The van der Waals surface area contributed by atoms with Crippen molar-refractivity contribution in [3.8, 4) is 11.3 Å². The Morgan fingerprint density at radius 1 is 1.11 bits per heavy atom. The number of rotatable bonds is 3. The number of carbonyl (C=O) groups is 1. The molecule has 140 valence electrons. The van der Waals surface area contributed by atoms with E-state index in [1.807, 2.05) is 27.6 Å². The van der Waals surface area contributed by atoms with Crippen molar-refractivity contribution in [1.29, 1.82) is 0 Å². The maximum absolute atomic E-state index is 13.4. The monoisotopic (exact) mass is 367 g/mol. The fourth-order valence-electron chi connectivity index (χ4n) is 3.53. The van der Waals surface area contributed by atoms with Gasteiger partial charge in [0.1, 0.15) is 11.5 Å². The molecule has 0 atom stereocenters. The van der Waals surface area contributed by atoms with E-state index in [2.05, 4.69) is 4.90 Å². The average Bonchev–Trinajstić information content (AvgIpc) is 3.00. The summed E-state index contributed by atoms with van der Waals surface area (Å²) in [5.41, 5.74) is 10.2. The lowest BCUT2D eigenvalue weighted by Gasteiger charge is -2.34. The summed E-state index contributed by atoms with van der Waals surface area (Å²) < 4.78 is 15.4. The number of hydrogen-bond donors (Lipinski definition) is 1. The van der Waals surface area contributed by atoms with Crippen molar-refractivity contribution in [2.24, 2.45) is 0 Å². The van der Waals surface area contributed by atoms with Crippen molar-refractivity contribution in [3.63, 3.8) is 0 Å². The van der Waals surface area contributed by atoms with E-state index < -0.39 is 0 Å². The fourth-order valence-corrected chi connectivity index (χ4v) is 3.53. The molecule has 2 aromatic heterocycles. The van der Waals surface area contributed by atoms with Crippen molar-refractivity contribution in [1.82, 2.24) is 19.2 Å². The van der Waals surface area contributed by atoms with Gasteiger partial charge in [0.25, 0.3) is 0 Å². The number of nitrogens with zero attached hydrogens (tertiary/aromatic N) is 4. The van der Waals surface area contributed by atoms with Crippen LogP contribution in [-0.4, -0.2) is 51.3 Å². The molecule has 1 aliphatic rings. The summed E-state index contributed by atoms with van der Waals surface area (Å²) in [4.78, 5) is 20.5. The Bertz CT molecular complexity index is 974. The third-order valence-electron chi connectivity index (χ3n) is 5.05. The van der Waals surface area contributed by atoms with E-state index in [-0.39, 0.29) is 11.7 Å². The number of pyridine rings is 1. The quantitative estimate of drug-likeness (QED) is 0.772. The molecule has 1 fully saturated rings. The first kappa shape index (κ1) is 17.5. The number of benzene rings is 1. The SMILES string of the molecule is CC(=O)N1CCN(Cc2c(-c3ccc(F)cc3)nc3ccc(N)cn23)CC1. The second-order valence-electron chi connectivity index (χ2n) is 6.89. The van der Waals surface area contributed by atoms with Crippen LogP contribution >= 0.6 is 0 Å². The van der Waals surface area contributed by atoms with Gasteiger partial charge in [-0.05, 0) is 36.4 Å². The number of piperazine rings is 1. The first-order chi connectivity index (χ1) is 13.0. The number of nitrogen functional groups attached to an aromatic ring is 1. The molecule has 0 radical (unpaired) electrons. The smallest absolute Gasteiger partial charge is 0.219 e. The predicted molar refractivity (Wildman–Crippen MR) is 103 cm³/mol. The molecule has 0 saturated carbocycles. The lowest BCUT2D eigenvalue weighted by atomic mass is 10.1. The number of aromatic nitrogens is 2. The molecule has 0 aliphatic carbocycles. The molecule has 7 heteroatoms. The van der Waals surface area contributed by atoms with Gasteiger partial charge in [0.15, 0.2) is 0 Å². The van der Waals surface area contributed by atoms with E-state index in [9.17, 15) is 9.18 Å². The molecule has 0 spiro atoms. The Hall–Kier alpha value is -2.93. The Balaban J connectivity index is 1.69. The molecule has 6 nitrogen and oxygen atoms in total. The van der Waals surface area contributed by atoms with Crippen LogP contribution in [0.15, 0.2) is 42.6 Å². The van der Waals surface area contributed by atoms with Crippen molar-refractivity contribution in [2.45, 2.75) is 13.5 Å². The predicted octanol–water partition coefficient (Wildman–Crippen LogP) is 2.39. The molecule has 2 N–H and O–H groups in total. The first-order valence-corrected chi connectivity index (χ1v) is 9.01. The highest BCUT2D eigenvalue weighted by Gasteiger charge is 2.22. The van der Waals surface area contributed by atoms with Crippen LogP contribution in [0.4, 0.5) is 10.1 Å². The zero-order valence-corrected chi connectivity index (χ0v) is 15.2. The van der Waals surface area contributed by atoms with Crippen LogP contribution in [-0.2, 0) is 11.3 Å². The highest BCUT2D eigenvalue weighted by Crippen LogP contribution is 2.27. The number of anilines is 1. The molecule has 3 aromatic rings. The van der Waals surface area contributed by atoms with Gasteiger partial charge in [-0.15, -0.1) is 0 Å². The van der Waals surface area contributed by atoms with Crippen molar-refractivity contribution >= 4 is 17.2 Å². The van der Waals surface area contributed by atoms with Gasteiger partial charge >= 0.3 is 0 Å². The van der Waals surface area contributed by atoms with Crippen LogP contribution < -0.4 is 5.73 Å². The van der Waals surface area contributed by atoms with Crippen LogP contribution in [0.2, 0.25) is 0 Å². The minimum atomic E-state index is -0.270. The Kier molecular flexibility index (Phi) is 4.53. The van der Waals surface area contributed by atoms with E-state index >= 15 is 0 Å². The van der Waals surface area contributed by atoms with Gasteiger partial charge in [0, 0.05) is 57.1 Å². The number of imidazole rings is 1. The summed E-state index contributed by atoms with van der Waals surface area (Å²) in [5, 5.41) is 0. The summed E-state index contributed by atoms with van der Waals surface area (Å²) in [5.74, 6) is -0.155. The second kappa shape index (κ2) is 7.00. The summed E-state index contributed by atoms with van der Waals surface area (Å²) in [6.45, 7) is 5.34. The molecule has 1 amide bonds. The van der Waals surface area contributed by atoms with Gasteiger partial charge < -0.3 is 15.0 Å². The lowest BCUT2D eigenvalue weighted by molar-refractivity contribution is -0.130. The van der Waals surface area contributed by atoms with Crippen molar-refractivity contribution in [3.05, 3.63) is 54.1 Å². The van der Waals surface area contributed by atoms with Crippen LogP contribution in [0.5, 0.6) is 0 Å². The van der Waals surface area contributed by atoms with Crippen LogP contribution in [0.25, 0.3) is 16.9 Å². The summed E-state index contributed by atoms with van der Waals surface area (Å²) >= 11 is 0. The molecule has 0 unspecified atom stereocenters. The second-order valence-corrected chi connectivity index (χ2v) is 6.89. The lowest BCUT2D eigenvalue weighted by Crippen LogP contribution is -2.47. The van der Waals surface area contributed by atoms with E-state index in [0.717, 1.165) is 48.8 Å². The number of fused-ring (bicyclic) bond motifs is 1. The minimum Gasteiger partial charge on any atom is -0.398 e. The zero-order chi connectivity index (χ0) is 19.0. The van der Waals surface area contributed by atoms with Crippen molar-refractivity contribution < 1.29 is 9.18 Å². The van der Waals surface area contributed by atoms with Gasteiger partial charge in [-0.25, -0.2) is 9.37 Å². The molecule has 0 bridgehead atoms. The third-order valence-corrected chi connectivity index (χ3v) is 5.05. The maximum atomic E-state index is 13.4. The Morgan fingerprint density at radius 2 is 1.81 bits per heavy atom. The molecular weight excluding hydrogens is 345 g/mol. The molecule has 1 aromatic carbocycles. The molecule has 3 heterocycles. The summed E-state index contributed by atoms with van der Waals surface area (Å²) in [6.07, 6.45) is 1.87. The van der Waals surface area contributed by atoms with E-state index in [4.69, 9.17) is 10.7 Å². The van der Waals surface area contributed by atoms with E-state index in [0.29, 0.717) is 12.2 Å². The van der Waals surface area contributed by atoms with Gasteiger partial charge in [-0.2, -0.15) is 0 Å². The van der Waals surface area contributed by atoms with E-state index in [1.165, 1.54) is 12.1 Å². The normalized spacial score (nSPS) is 15.4. The number of hydrogen-bond acceptors (Lipinski definition) is 4. The van der Waals surface area contributed by atoms with Gasteiger partial charge in [0.05, 0.1) is 11.4 Å². The fraction of sp³-hybridized carbons (Fsp3) is 0.300. The van der Waals surface area contributed by atoms with Gasteiger partial charge in [-0.1, -0.05) is 0 Å². The third kappa shape index (κ3) is 3.50. The van der Waals surface area contributed by atoms with E-state index in [1.54, 1.807) is 19.1 Å². The largest absolute Gasteiger partial charge is 0.398 e. The molecule has 4 rings (SSSR count). The molecule has 27 heavy (non-hydrogen) atoms. The topological polar surface area (TPSA) is 66.9 Å². The summed E-state index contributed by atoms with van der Waals surface area (Å²) in [6, 6.07) is 10.1. The molecular formula is C20H22FN5O. The molecule has 1 saturated heterocycles. The van der Waals surface area contributed by atoms with Crippen LogP contribution in [0, 0.1) is 5.82 Å². The molecule has 1 aliphatic heterocycles. The zero-order valence-electron chi connectivity index (χ0n) is 15.2. The van der Waals surface area contributed by atoms with Gasteiger partial charge in [0.2, 0.25) is 5.91 Å². The summed E-state index contributed by atoms with van der Waals surface area (Å²) in [7, 11) is 0. The van der Waals surface area contributed by atoms with Crippen LogP contribution in [0.1, 0.15) is 12.6 Å². The number of nitrogens with two attached hydrogens (primary N) is 1. The van der Waals surface area contributed by atoms with Gasteiger partial charge in [-0.3, -0.25) is 9.69 Å². The number of halogens is 1. The maximum Gasteiger partial charge on any atom is 0.219 e. The number of amides is 1. The highest BCUT2D eigenvalue weighted by atomic mass is 19.1. The van der Waals surface area contributed by atoms with Crippen LogP contribution in [0.3, 0.4) is 0 Å². The standard InChI is InChI=1S/C20H22FN5O/c1-14(27)25-10-8-24(9-11-25)13-18-20(15-2-4-16(21)5-3-15)23-19-7-6-17(22)12-26(18)19/h2-7,12H,8-11,13,22H2,1H3. The average molecular weight is 367 g/mol.